The van der Waals surface area contributed by atoms with E-state index in [1.165, 1.54) is 18.9 Å². The summed E-state index contributed by atoms with van der Waals surface area (Å²) in [5.41, 5.74) is 6.34. The highest BCUT2D eigenvalue weighted by atomic mass is 16.5. The van der Waals surface area contributed by atoms with Crippen LogP contribution in [-0.4, -0.2) is 37.7 Å². The molecule has 0 aliphatic heterocycles. The Hall–Kier alpha value is -4.66. The molecule has 0 spiro atoms. The summed E-state index contributed by atoms with van der Waals surface area (Å²) in [6.45, 7) is 6.04. The van der Waals surface area contributed by atoms with Gasteiger partial charge in [-0.25, -0.2) is 5.43 Å². The summed E-state index contributed by atoms with van der Waals surface area (Å²) in [5.74, 6) is -1.02. The van der Waals surface area contributed by atoms with Crippen molar-refractivity contribution in [3.05, 3.63) is 89.0 Å². The number of nitrogens with zero attached hydrogens (tertiary/aromatic N) is 1. The number of anilines is 1. The molecule has 198 valence electrons. The largest absolute Gasteiger partial charge is 0.493 e. The lowest BCUT2D eigenvalue weighted by molar-refractivity contribution is -0.139. The van der Waals surface area contributed by atoms with Gasteiger partial charge in [0.25, 0.3) is 5.91 Å². The highest BCUT2D eigenvalue weighted by Crippen LogP contribution is 2.30. The molecule has 0 saturated carbocycles. The van der Waals surface area contributed by atoms with E-state index in [0.717, 1.165) is 11.1 Å². The third-order valence-electron chi connectivity index (χ3n) is 5.67. The van der Waals surface area contributed by atoms with Crippen LogP contribution in [0, 0.1) is 6.92 Å². The normalized spacial score (nSPS) is 10.8. The monoisotopic (exact) mass is 516 g/mol. The molecule has 3 aromatic rings. The van der Waals surface area contributed by atoms with Crippen molar-refractivity contribution in [2.24, 2.45) is 5.10 Å². The molecule has 3 aromatic carbocycles. The zero-order chi connectivity index (χ0) is 27.5. The van der Waals surface area contributed by atoms with E-state index in [-0.39, 0.29) is 24.8 Å². The van der Waals surface area contributed by atoms with Crippen LogP contribution in [-0.2, 0) is 20.9 Å². The summed E-state index contributed by atoms with van der Waals surface area (Å²) in [6.07, 6.45) is 1.31. The molecule has 3 amide bonds. The van der Waals surface area contributed by atoms with Gasteiger partial charge in [-0.3, -0.25) is 14.4 Å². The van der Waals surface area contributed by atoms with Gasteiger partial charge in [0.1, 0.15) is 0 Å². The standard InChI is InChI=1S/C29H32N4O5/c1-19(2)22-14-12-21(13-15-22)16-30-28(35)29(36)33-31-17-23-9-7-11-25(37-4)27(23)38-18-26(34)32-24-10-6-5-8-20(24)3/h5-15,17,19H,16,18H2,1-4H3,(H,30,35)(H,32,34)(H,33,36)/b31-17-. The number of nitrogens with one attached hydrogen (secondary N) is 3. The Morgan fingerprint density at radius 1 is 0.947 bits per heavy atom. The van der Waals surface area contributed by atoms with E-state index in [9.17, 15) is 14.4 Å². The molecule has 0 atom stereocenters. The van der Waals surface area contributed by atoms with Gasteiger partial charge in [0, 0.05) is 17.8 Å². The maximum atomic E-state index is 12.4. The lowest BCUT2D eigenvalue weighted by Gasteiger charge is -2.13. The number of benzene rings is 3. The molecule has 9 nitrogen and oxygen atoms in total. The van der Waals surface area contributed by atoms with Crippen molar-refractivity contribution in [3.63, 3.8) is 0 Å². The fourth-order valence-electron chi connectivity index (χ4n) is 3.48. The van der Waals surface area contributed by atoms with Gasteiger partial charge in [0.2, 0.25) is 0 Å². The third kappa shape index (κ3) is 7.92. The molecule has 9 heteroatoms. The van der Waals surface area contributed by atoms with Gasteiger partial charge in [-0.05, 0) is 47.7 Å². The second kappa shape index (κ2) is 13.6. The highest BCUT2D eigenvalue weighted by molar-refractivity contribution is 6.35. The Morgan fingerprint density at radius 3 is 2.37 bits per heavy atom. The fourth-order valence-corrected chi connectivity index (χ4v) is 3.48. The van der Waals surface area contributed by atoms with Crippen molar-refractivity contribution in [1.82, 2.24) is 10.7 Å². The zero-order valence-corrected chi connectivity index (χ0v) is 21.9. The molecular formula is C29H32N4O5. The fraction of sp³-hybridized carbons (Fsp3) is 0.241. The number of hydrogen-bond acceptors (Lipinski definition) is 6. The van der Waals surface area contributed by atoms with E-state index in [0.29, 0.717) is 22.9 Å². The minimum Gasteiger partial charge on any atom is -0.493 e. The average molecular weight is 517 g/mol. The molecule has 38 heavy (non-hydrogen) atoms. The first-order chi connectivity index (χ1) is 18.3. The quantitative estimate of drug-likeness (QED) is 0.215. The maximum absolute atomic E-state index is 12.4. The molecular weight excluding hydrogens is 484 g/mol. The van der Waals surface area contributed by atoms with Crippen LogP contribution in [0.1, 0.15) is 42.0 Å². The molecule has 3 rings (SSSR count). The van der Waals surface area contributed by atoms with Gasteiger partial charge in [-0.2, -0.15) is 5.10 Å². The number of amides is 3. The van der Waals surface area contributed by atoms with Crippen LogP contribution in [0.4, 0.5) is 5.69 Å². The molecule has 0 heterocycles. The summed E-state index contributed by atoms with van der Waals surface area (Å²) in [6, 6.07) is 20.3. The average Bonchev–Trinajstić information content (AvgIpc) is 2.92. The van der Waals surface area contributed by atoms with Crippen molar-refractivity contribution in [3.8, 4) is 11.5 Å². The summed E-state index contributed by atoms with van der Waals surface area (Å²) in [7, 11) is 1.47. The number of ether oxygens (including phenoxy) is 2. The van der Waals surface area contributed by atoms with Gasteiger partial charge >= 0.3 is 11.8 Å². The minimum atomic E-state index is -0.914. The second-order valence-corrected chi connectivity index (χ2v) is 8.81. The summed E-state index contributed by atoms with van der Waals surface area (Å²) in [5, 5.41) is 9.24. The van der Waals surface area contributed by atoms with E-state index in [2.05, 4.69) is 35.0 Å². The van der Waals surface area contributed by atoms with Crippen molar-refractivity contribution in [1.29, 1.82) is 0 Å². The number of hydrazone groups is 1. The van der Waals surface area contributed by atoms with E-state index in [4.69, 9.17) is 9.47 Å². The van der Waals surface area contributed by atoms with Crippen LogP contribution < -0.4 is 25.5 Å². The number of rotatable bonds is 10. The van der Waals surface area contributed by atoms with Crippen LogP contribution in [0.15, 0.2) is 71.8 Å². The van der Waals surface area contributed by atoms with Gasteiger partial charge in [0.05, 0.1) is 13.3 Å². The third-order valence-corrected chi connectivity index (χ3v) is 5.67. The molecule has 0 bridgehead atoms. The maximum Gasteiger partial charge on any atom is 0.329 e. The Balaban J connectivity index is 1.56. The topological polar surface area (TPSA) is 118 Å². The number of methoxy groups -OCH3 is 1. The number of para-hydroxylation sites is 2. The molecule has 0 aliphatic rings. The van der Waals surface area contributed by atoms with Crippen LogP contribution in [0.3, 0.4) is 0 Å². The smallest absolute Gasteiger partial charge is 0.329 e. The van der Waals surface area contributed by atoms with E-state index < -0.39 is 11.8 Å². The Bertz CT molecular complexity index is 1300. The zero-order valence-electron chi connectivity index (χ0n) is 21.9. The van der Waals surface area contributed by atoms with Gasteiger partial charge < -0.3 is 20.1 Å². The summed E-state index contributed by atoms with van der Waals surface area (Å²) < 4.78 is 11.1. The predicted octanol–water partition coefficient (Wildman–Crippen LogP) is 3.91. The van der Waals surface area contributed by atoms with Gasteiger partial charge in [-0.1, -0.05) is 62.4 Å². The minimum absolute atomic E-state index is 0.215. The Morgan fingerprint density at radius 2 is 1.68 bits per heavy atom. The van der Waals surface area contributed by atoms with Gasteiger partial charge in [0.15, 0.2) is 18.1 Å². The van der Waals surface area contributed by atoms with Crippen LogP contribution in [0.5, 0.6) is 11.5 Å². The molecule has 0 aromatic heterocycles. The van der Waals surface area contributed by atoms with E-state index >= 15 is 0 Å². The molecule has 0 radical (unpaired) electrons. The van der Waals surface area contributed by atoms with E-state index in [1.807, 2.05) is 49.4 Å². The molecule has 0 saturated heterocycles. The number of carbonyl (C=O) groups is 3. The number of aryl methyl sites for hydroxylation is 1. The van der Waals surface area contributed by atoms with Crippen LogP contribution >= 0.6 is 0 Å². The summed E-state index contributed by atoms with van der Waals surface area (Å²) >= 11 is 0. The Labute approximate surface area is 222 Å². The van der Waals surface area contributed by atoms with Crippen LogP contribution in [0.25, 0.3) is 0 Å². The number of hydrogen-bond donors (Lipinski definition) is 3. The van der Waals surface area contributed by atoms with Crippen molar-refractivity contribution < 1.29 is 23.9 Å². The molecule has 0 aliphatic carbocycles. The number of carbonyl (C=O) groups excluding carboxylic acids is 3. The lowest BCUT2D eigenvalue weighted by atomic mass is 10.0. The predicted molar refractivity (Wildman–Crippen MR) is 146 cm³/mol. The SMILES string of the molecule is COc1cccc(/C=N\NC(=O)C(=O)NCc2ccc(C(C)C)cc2)c1OCC(=O)Nc1ccccc1C. The molecule has 0 unspecified atom stereocenters. The summed E-state index contributed by atoms with van der Waals surface area (Å²) in [4.78, 5) is 36.8. The molecule has 3 N–H and O–H groups in total. The van der Waals surface area contributed by atoms with Crippen molar-refractivity contribution >= 4 is 29.6 Å². The highest BCUT2D eigenvalue weighted by Gasteiger charge is 2.14. The molecule has 0 fully saturated rings. The van der Waals surface area contributed by atoms with E-state index in [1.54, 1.807) is 24.3 Å². The van der Waals surface area contributed by atoms with Crippen molar-refractivity contribution in [2.45, 2.75) is 33.2 Å². The van der Waals surface area contributed by atoms with Crippen molar-refractivity contribution in [2.75, 3.05) is 19.0 Å². The first-order valence-electron chi connectivity index (χ1n) is 12.1. The first-order valence-corrected chi connectivity index (χ1v) is 12.1. The van der Waals surface area contributed by atoms with Crippen LogP contribution in [0.2, 0.25) is 0 Å². The van der Waals surface area contributed by atoms with Gasteiger partial charge in [-0.15, -0.1) is 0 Å². The first kappa shape index (κ1) is 27.9. The lowest BCUT2D eigenvalue weighted by Crippen LogP contribution is -2.37. The second-order valence-electron chi connectivity index (χ2n) is 8.81. The Kier molecular flexibility index (Phi) is 9.99.